The SMILES string of the molecule is CC(=O)NC(C)c1ccc(C(=O)COC(=O)c2sccc2C)cc1. The summed E-state index contributed by atoms with van der Waals surface area (Å²) in [6.07, 6.45) is 0. The van der Waals surface area contributed by atoms with Crippen LogP contribution >= 0.6 is 11.3 Å². The van der Waals surface area contributed by atoms with Crippen molar-refractivity contribution in [1.29, 1.82) is 0 Å². The van der Waals surface area contributed by atoms with E-state index < -0.39 is 5.97 Å². The van der Waals surface area contributed by atoms with Crippen molar-refractivity contribution in [2.24, 2.45) is 0 Å². The van der Waals surface area contributed by atoms with Crippen LogP contribution in [0.5, 0.6) is 0 Å². The van der Waals surface area contributed by atoms with E-state index in [1.54, 1.807) is 24.3 Å². The van der Waals surface area contributed by atoms with E-state index in [1.165, 1.54) is 18.3 Å². The molecule has 5 nitrogen and oxygen atoms in total. The lowest BCUT2D eigenvalue weighted by Gasteiger charge is -2.13. The third kappa shape index (κ3) is 4.52. The van der Waals surface area contributed by atoms with E-state index >= 15 is 0 Å². The van der Waals surface area contributed by atoms with Gasteiger partial charge in [0.1, 0.15) is 4.88 Å². The highest BCUT2D eigenvalue weighted by Gasteiger charge is 2.15. The van der Waals surface area contributed by atoms with Crippen molar-refractivity contribution in [3.8, 4) is 0 Å². The van der Waals surface area contributed by atoms with Crippen molar-refractivity contribution in [1.82, 2.24) is 5.32 Å². The molecule has 6 heteroatoms. The lowest BCUT2D eigenvalue weighted by atomic mass is 10.0. The van der Waals surface area contributed by atoms with Crippen LogP contribution in [0.4, 0.5) is 0 Å². The van der Waals surface area contributed by atoms with Crippen LogP contribution in [0, 0.1) is 6.92 Å². The van der Waals surface area contributed by atoms with Gasteiger partial charge in [-0.3, -0.25) is 9.59 Å². The molecule has 0 bridgehead atoms. The lowest BCUT2D eigenvalue weighted by Crippen LogP contribution is -2.23. The van der Waals surface area contributed by atoms with Crippen LogP contribution in [0.1, 0.15) is 51.0 Å². The minimum absolute atomic E-state index is 0.113. The molecule has 0 aliphatic heterocycles. The Labute approximate surface area is 144 Å². The number of esters is 1. The van der Waals surface area contributed by atoms with Gasteiger partial charge in [-0.2, -0.15) is 0 Å². The fourth-order valence-corrected chi connectivity index (χ4v) is 3.03. The van der Waals surface area contributed by atoms with E-state index in [0.29, 0.717) is 10.4 Å². The second-order valence-corrected chi connectivity index (χ2v) is 6.39. The van der Waals surface area contributed by atoms with E-state index in [1.807, 2.05) is 25.3 Å². The van der Waals surface area contributed by atoms with Crippen molar-refractivity contribution in [3.63, 3.8) is 0 Å². The average Bonchev–Trinajstić information content (AvgIpc) is 2.98. The number of hydrogen-bond donors (Lipinski definition) is 1. The number of aryl methyl sites for hydroxylation is 1. The molecule has 1 aromatic heterocycles. The highest BCUT2D eigenvalue weighted by atomic mass is 32.1. The fraction of sp³-hybridized carbons (Fsp3) is 0.278. The third-order valence-electron chi connectivity index (χ3n) is 3.53. The number of nitrogens with one attached hydrogen (secondary N) is 1. The number of rotatable bonds is 6. The minimum atomic E-state index is -0.480. The predicted molar refractivity (Wildman–Crippen MR) is 92.3 cm³/mol. The van der Waals surface area contributed by atoms with Crippen LogP contribution in [-0.4, -0.2) is 24.3 Å². The molecule has 2 aromatic rings. The fourth-order valence-electron chi connectivity index (χ4n) is 2.21. The van der Waals surface area contributed by atoms with Gasteiger partial charge in [0.25, 0.3) is 0 Å². The van der Waals surface area contributed by atoms with Crippen molar-refractivity contribution < 1.29 is 19.1 Å². The highest BCUT2D eigenvalue weighted by molar-refractivity contribution is 7.12. The number of carbonyl (C=O) groups is 3. The number of carbonyl (C=O) groups excluding carboxylic acids is 3. The van der Waals surface area contributed by atoms with Crippen LogP contribution in [0.2, 0.25) is 0 Å². The monoisotopic (exact) mass is 345 g/mol. The van der Waals surface area contributed by atoms with E-state index in [2.05, 4.69) is 5.32 Å². The molecule has 0 saturated carbocycles. The second kappa shape index (κ2) is 7.88. The molecule has 1 atom stereocenters. The Bertz CT molecular complexity index is 749. The smallest absolute Gasteiger partial charge is 0.349 e. The number of thiophene rings is 1. The highest BCUT2D eigenvalue weighted by Crippen LogP contribution is 2.17. The number of ether oxygens (including phenoxy) is 1. The normalized spacial score (nSPS) is 11.6. The molecule has 0 aliphatic rings. The van der Waals surface area contributed by atoms with Gasteiger partial charge in [-0.05, 0) is 36.4 Å². The molecule has 1 unspecified atom stereocenters. The van der Waals surface area contributed by atoms with Crippen molar-refractivity contribution in [2.75, 3.05) is 6.61 Å². The van der Waals surface area contributed by atoms with Gasteiger partial charge in [0.05, 0.1) is 6.04 Å². The first-order chi connectivity index (χ1) is 11.4. The zero-order valence-electron chi connectivity index (χ0n) is 13.8. The summed E-state index contributed by atoms with van der Waals surface area (Å²) < 4.78 is 5.08. The van der Waals surface area contributed by atoms with Gasteiger partial charge in [0, 0.05) is 12.5 Å². The van der Waals surface area contributed by atoms with E-state index in [0.717, 1.165) is 11.1 Å². The van der Waals surface area contributed by atoms with Gasteiger partial charge in [-0.1, -0.05) is 24.3 Å². The maximum Gasteiger partial charge on any atom is 0.349 e. The first-order valence-electron chi connectivity index (χ1n) is 7.50. The molecule has 24 heavy (non-hydrogen) atoms. The molecule has 1 N–H and O–H groups in total. The van der Waals surface area contributed by atoms with Crippen molar-refractivity contribution >= 4 is 29.0 Å². The van der Waals surface area contributed by atoms with Gasteiger partial charge >= 0.3 is 5.97 Å². The maximum atomic E-state index is 12.1. The van der Waals surface area contributed by atoms with Gasteiger partial charge in [-0.15, -0.1) is 11.3 Å². The molecule has 126 valence electrons. The minimum Gasteiger partial charge on any atom is -0.453 e. The molecule has 2 rings (SSSR count). The van der Waals surface area contributed by atoms with Crippen molar-refractivity contribution in [2.45, 2.75) is 26.8 Å². The Morgan fingerprint density at radius 3 is 2.38 bits per heavy atom. The zero-order chi connectivity index (χ0) is 17.7. The summed E-state index contributed by atoms with van der Waals surface area (Å²) in [5, 5.41) is 4.58. The summed E-state index contributed by atoms with van der Waals surface area (Å²) in [6.45, 7) is 4.85. The Morgan fingerprint density at radius 2 is 1.83 bits per heavy atom. The van der Waals surface area contributed by atoms with E-state index in [4.69, 9.17) is 4.74 Å². The number of Topliss-reactive ketones (excluding diaryl/α,β-unsaturated/α-hetero) is 1. The molecular formula is C18H19NO4S. The van der Waals surface area contributed by atoms with Crippen LogP contribution in [0.25, 0.3) is 0 Å². The number of benzene rings is 1. The molecule has 0 spiro atoms. The Morgan fingerprint density at radius 1 is 1.17 bits per heavy atom. The summed E-state index contributed by atoms with van der Waals surface area (Å²) in [5.74, 6) is -0.860. The quantitative estimate of drug-likeness (QED) is 0.644. The Hall–Kier alpha value is -2.47. The largest absolute Gasteiger partial charge is 0.453 e. The summed E-state index contributed by atoms with van der Waals surface area (Å²) in [6, 6.07) is 8.59. The van der Waals surface area contributed by atoms with Gasteiger partial charge in [0.2, 0.25) is 5.91 Å². The maximum absolute atomic E-state index is 12.1. The van der Waals surface area contributed by atoms with Crippen molar-refractivity contribution in [3.05, 3.63) is 57.3 Å². The number of hydrogen-bond acceptors (Lipinski definition) is 5. The summed E-state index contributed by atoms with van der Waals surface area (Å²) >= 11 is 1.29. The van der Waals surface area contributed by atoms with Crippen LogP contribution in [0.15, 0.2) is 35.7 Å². The molecule has 1 heterocycles. The van der Waals surface area contributed by atoms with Gasteiger partial charge in [-0.25, -0.2) is 4.79 Å². The summed E-state index contributed by atoms with van der Waals surface area (Å²) in [7, 11) is 0. The van der Waals surface area contributed by atoms with E-state index in [9.17, 15) is 14.4 Å². The van der Waals surface area contributed by atoms with Gasteiger partial charge in [0.15, 0.2) is 12.4 Å². The predicted octanol–water partition coefficient (Wildman–Crippen LogP) is 3.29. The molecule has 0 fully saturated rings. The summed E-state index contributed by atoms with van der Waals surface area (Å²) in [5.41, 5.74) is 2.20. The average molecular weight is 345 g/mol. The van der Waals surface area contributed by atoms with Crippen LogP contribution in [-0.2, 0) is 9.53 Å². The van der Waals surface area contributed by atoms with Crippen LogP contribution in [0.3, 0.4) is 0 Å². The first-order valence-corrected chi connectivity index (χ1v) is 8.38. The molecule has 1 aromatic carbocycles. The van der Waals surface area contributed by atoms with E-state index in [-0.39, 0.29) is 24.3 Å². The zero-order valence-corrected chi connectivity index (χ0v) is 14.6. The molecular weight excluding hydrogens is 326 g/mol. The standard InChI is InChI=1S/C18H19NO4S/c1-11-8-9-24-17(11)18(22)23-10-16(21)15-6-4-14(5-7-15)12(2)19-13(3)20/h4-9,12H,10H2,1-3H3,(H,19,20). The Kier molecular flexibility index (Phi) is 5.87. The number of ketones is 1. The van der Waals surface area contributed by atoms with Crippen LogP contribution < -0.4 is 5.32 Å². The molecule has 0 saturated heterocycles. The summed E-state index contributed by atoms with van der Waals surface area (Å²) in [4.78, 5) is 35.6. The topological polar surface area (TPSA) is 72.5 Å². The Balaban J connectivity index is 1.94. The third-order valence-corrected chi connectivity index (χ3v) is 4.53. The molecule has 0 radical (unpaired) electrons. The first kappa shape index (κ1) is 17.9. The lowest BCUT2D eigenvalue weighted by molar-refractivity contribution is -0.119. The second-order valence-electron chi connectivity index (χ2n) is 5.48. The molecule has 0 aliphatic carbocycles. The molecule has 1 amide bonds. The number of amides is 1. The van der Waals surface area contributed by atoms with Gasteiger partial charge < -0.3 is 10.1 Å².